The summed E-state index contributed by atoms with van der Waals surface area (Å²) in [6.45, 7) is 7.89. The number of alkyl halides is 1. The number of carbonyl (C=O) groups is 3. The number of esters is 2. The van der Waals surface area contributed by atoms with E-state index in [1.807, 2.05) is 63.2 Å². The monoisotopic (exact) mass is 1120 g/mol. The van der Waals surface area contributed by atoms with Crippen molar-refractivity contribution in [2.75, 3.05) is 32.8 Å². The molecule has 0 heterocycles. The van der Waals surface area contributed by atoms with E-state index in [9.17, 15) is 18.0 Å². The van der Waals surface area contributed by atoms with E-state index in [1.165, 1.54) is 38.0 Å². The van der Waals surface area contributed by atoms with Gasteiger partial charge >= 0.3 is 159 Å². The van der Waals surface area contributed by atoms with Gasteiger partial charge in [0.2, 0.25) is 0 Å². The van der Waals surface area contributed by atoms with E-state index in [4.69, 9.17) is 48.3 Å². The Kier molecular flexibility index (Phi) is 43.9. The van der Waals surface area contributed by atoms with E-state index in [2.05, 4.69) is 41.0 Å². The average Bonchev–Trinajstić information content (AvgIpc) is 3.06. The predicted molar refractivity (Wildman–Crippen MR) is 188 cm³/mol. The molecule has 3 aromatic carbocycles. The second kappa shape index (κ2) is 37.1. The van der Waals surface area contributed by atoms with Crippen molar-refractivity contribution in [3.63, 3.8) is 0 Å². The van der Waals surface area contributed by atoms with E-state index in [0.29, 0.717) is 17.1 Å². The van der Waals surface area contributed by atoms with Crippen molar-refractivity contribution in [2.24, 2.45) is 0 Å². The minimum atomic E-state index is -4.19. The number of hydrogen-bond donors (Lipinski definition) is 2. The Balaban J connectivity index is -0.000000133. The summed E-state index contributed by atoms with van der Waals surface area (Å²) in [4.78, 5) is 32.0. The first-order chi connectivity index (χ1) is 23.2. The summed E-state index contributed by atoms with van der Waals surface area (Å²) < 4.78 is 66.4. The standard InChI is InChI=1S/C10H11ClO5S.C9H12O.C7H8O.C3H5BrO2.CH2O3.ClHO3S.2Cs.H/c1-7-5-8(17(11,13)14)3-4-9(7)16-6-10(12)15-2;1-3-10-9-7-5-4-6-8(9)2;1-6-4-2-3-5-7(6)8;1-6-3(5)2-4;2-1-4-3;1-5(2,3)4;;;/h3-5H,6H2,1-2H3;4-7H,3H2,1-2H3;2-5,8H,1H3;2H2,1H3;1,3H;(H,2,3,4);;;/q;;;;;;2*+1;-1/p-1. The van der Waals surface area contributed by atoms with Crippen LogP contribution >= 0.6 is 37.3 Å². The van der Waals surface area contributed by atoms with Gasteiger partial charge in [0, 0.05) is 21.4 Å². The first-order valence-corrected chi connectivity index (χ1v) is 19.1. The van der Waals surface area contributed by atoms with Crippen LogP contribution in [0.2, 0.25) is 0 Å². The molecular weight excluding hydrogens is 1080 g/mol. The number of rotatable bonds is 8. The number of para-hydroxylation sites is 2. The molecule has 3 rings (SSSR count). The topological polar surface area (TPSA) is 229 Å². The maximum absolute atomic E-state index is 11.1. The molecule has 0 atom stereocenters. The molecule has 0 aliphatic carbocycles. The number of phenols is 1. The van der Waals surface area contributed by atoms with Gasteiger partial charge in [0.25, 0.3) is 15.5 Å². The van der Waals surface area contributed by atoms with Gasteiger partial charge in [-0.25, -0.2) is 13.2 Å². The zero-order valence-corrected chi connectivity index (χ0v) is 47.0. The molecule has 2 N–H and O–H groups in total. The Morgan fingerprint density at radius 2 is 1.27 bits per heavy atom. The Labute approximate surface area is 440 Å². The quantitative estimate of drug-likeness (QED) is 0.0509. The molecule has 15 nitrogen and oxygen atoms in total. The molecule has 0 fully saturated rings. The zero-order chi connectivity index (χ0) is 39.3. The Morgan fingerprint density at radius 1 is 0.827 bits per heavy atom. The Bertz CT molecular complexity index is 1620. The second-order valence-electron chi connectivity index (χ2n) is 8.53. The third-order valence-electron chi connectivity index (χ3n) is 4.89. The molecule has 0 amide bonds. The summed E-state index contributed by atoms with van der Waals surface area (Å²) >= 11 is 2.90. The van der Waals surface area contributed by atoms with Crippen molar-refractivity contribution in [2.45, 2.75) is 32.6 Å². The summed E-state index contributed by atoms with van der Waals surface area (Å²) in [5.74, 6) is 1.01. The molecule has 0 radical (unpaired) electrons. The SMILES string of the molecule is CCOc1ccccc1C.COC(=O)CBr.COC(=O)COc1ccc(S(=O)(=O)Cl)cc1C.Cc1ccccc1O.O=CO[O-].O=S(=O)(O)Cl.[Cs+].[Cs+].[H-]. The summed E-state index contributed by atoms with van der Waals surface area (Å²) in [6, 6.07) is 19.4. The summed E-state index contributed by atoms with van der Waals surface area (Å²) in [7, 11) is 3.90. The number of phenolic OH excluding ortho intramolecular Hbond substituents is 1. The molecule has 0 aromatic heterocycles. The average molecular weight is 1120 g/mol. The minimum Gasteiger partial charge on any atom is -1.00 e. The maximum atomic E-state index is 11.1. The molecule has 0 spiro atoms. The molecule has 0 saturated carbocycles. The maximum Gasteiger partial charge on any atom is 1.00 e. The van der Waals surface area contributed by atoms with Crippen LogP contribution in [0.25, 0.3) is 0 Å². The number of carbonyl (C=O) groups excluding carboxylic acids is 3. The molecule has 3 aromatic rings. The molecule has 0 unspecified atom stereocenters. The van der Waals surface area contributed by atoms with Crippen LogP contribution in [-0.4, -0.2) is 77.7 Å². The molecule has 0 aliphatic heterocycles. The van der Waals surface area contributed by atoms with Gasteiger partial charge in [0.15, 0.2) is 6.61 Å². The zero-order valence-electron chi connectivity index (χ0n) is 30.7. The first-order valence-electron chi connectivity index (χ1n) is 13.4. The van der Waals surface area contributed by atoms with Gasteiger partial charge < -0.3 is 35.6 Å². The molecule has 0 saturated heterocycles. The van der Waals surface area contributed by atoms with E-state index >= 15 is 0 Å². The van der Waals surface area contributed by atoms with Crippen LogP contribution in [0, 0.1) is 20.8 Å². The molecule has 0 bridgehead atoms. The number of hydrogen-bond acceptors (Lipinski definition) is 14. The fourth-order valence-electron chi connectivity index (χ4n) is 2.62. The van der Waals surface area contributed by atoms with Crippen molar-refractivity contribution < 1.29 is 209 Å². The molecule has 52 heavy (non-hydrogen) atoms. The van der Waals surface area contributed by atoms with Gasteiger partial charge in [-0.1, -0.05) is 52.3 Å². The number of methoxy groups -OCH3 is 2. The fraction of sp³-hybridized carbons (Fsp3) is 0.300. The van der Waals surface area contributed by atoms with E-state index in [1.54, 1.807) is 13.0 Å². The molecule has 22 heteroatoms. The van der Waals surface area contributed by atoms with Gasteiger partial charge in [0.1, 0.15) is 22.6 Å². The number of ether oxygens (including phenoxy) is 4. The normalized spacial score (nSPS) is 9.21. The van der Waals surface area contributed by atoms with Crippen molar-refractivity contribution in [1.82, 2.24) is 0 Å². The van der Waals surface area contributed by atoms with Crippen LogP contribution in [0.3, 0.4) is 0 Å². The number of aromatic hydroxyl groups is 1. The van der Waals surface area contributed by atoms with Crippen molar-refractivity contribution >= 4 is 74.1 Å². The van der Waals surface area contributed by atoms with Crippen LogP contribution in [-0.2, 0) is 47.1 Å². The van der Waals surface area contributed by atoms with E-state index < -0.39 is 24.4 Å². The number of halogens is 3. The molecular formula is C30H39BrCl2Cs2O15S2. The van der Waals surface area contributed by atoms with Crippen LogP contribution < -0.4 is 153 Å². The van der Waals surface area contributed by atoms with Gasteiger partial charge in [0.05, 0.1) is 25.7 Å². The third-order valence-corrected chi connectivity index (χ3v) is 6.70. The minimum absolute atomic E-state index is 0. The Morgan fingerprint density at radius 3 is 1.58 bits per heavy atom. The molecule has 0 aliphatic rings. The van der Waals surface area contributed by atoms with Crippen molar-refractivity contribution in [3.8, 4) is 17.2 Å². The third kappa shape index (κ3) is 38.7. The second-order valence-corrected chi connectivity index (χ2v) is 13.7. The summed E-state index contributed by atoms with van der Waals surface area (Å²) in [5.41, 5.74) is 2.69. The van der Waals surface area contributed by atoms with Gasteiger partial charge in [-0.05, 0) is 74.7 Å². The first kappa shape index (κ1) is 61.7. The summed E-state index contributed by atoms with van der Waals surface area (Å²) in [5, 5.41) is 17.6. The van der Waals surface area contributed by atoms with Crippen LogP contribution in [0.1, 0.15) is 25.0 Å². The largest absolute Gasteiger partial charge is 1.00 e. The van der Waals surface area contributed by atoms with Gasteiger partial charge in [-0.15, -0.1) is 0 Å². The predicted octanol–water partition coefficient (Wildman–Crippen LogP) is -1.29. The Hall–Kier alpha value is 0.454. The number of aryl methyl sites for hydroxylation is 3. The summed E-state index contributed by atoms with van der Waals surface area (Å²) in [6.07, 6.45) is 0. The number of benzene rings is 3. The van der Waals surface area contributed by atoms with Crippen molar-refractivity contribution in [1.29, 1.82) is 0 Å². The van der Waals surface area contributed by atoms with Gasteiger partial charge in [-0.2, -0.15) is 8.42 Å². The van der Waals surface area contributed by atoms with Crippen LogP contribution in [0.15, 0.2) is 71.6 Å². The van der Waals surface area contributed by atoms with E-state index in [-0.39, 0.29) is 168 Å². The van der Waals surface area contributed by atoms with E-state index in [0.717, 1.165) is 17.9 Å². The van der Waals surface area contributed by atoms with Gasteiger partial charge in [-0.3, -0.25) is 14.1 Å². The van der Waals surface area contributed by atoms with Crippen LogP contribution in [0.5, 0.6) is 17.2 Å². The fourth-order valence-corrected chi connectivity index (χ4v) is 3.69. The van der Waals surface area contributed by atoms with Crippen molar-refractivity contribution in [3.05, 3.63) is 83.4 Å². The smallest absolute Gasteiger partial charge is 1.00 e. The molecule has 284 valence electrons. The van der Waals surface area contributed by atoms with Crippen LogP contribution in [0.4, 0.5) is 0 Å².